The van der Waals surface area contributed by atoms with Crippen molar-refractivity contribution in [3.05, 3.63) is 0 Å². The summed E-state index contributed by atoms with van der Waals surface area (Å²) in [5.74, 6) is -0.432. The molecule has 0 spiro atoms. The van der Waals surface area contributed by atoms with Crippen molar-refractivity contribution in [2.24, 2.45) is 17.3 Å². The smallest absolute Gasteiger partial charge is 0.308 e. The summed E-state index contributed by atoms with van der Waals surface area (Å²) < 4.78 is 0. The second-order valence-corrected chi connectivity index (χ2v) is 7.06. The zero-order valence-corrected chi connectivity index (χ0v) is 12.9. The summed E-state index contributed by atoms with van der Waals surface area (Å²) >= 11 is 0. The molecule has 4 heteroatoms. The van der Waals surface area contributed by atoms with E-state index < -0.39 is 11.9 Å². The molecular formula is C16H27NO3. The number of carboxylic acids is 1. The highest BCUT2D eigenvalue weighted by Gasteiger charge is 2.48. The normalized spacial score (nSPS) is 29.1. The first-order valence-corrected chi connectivity index (χ1v) is 7.91. The summed E-state index contributed by atoms with van der Waals surface area (Å²) in [6.45, 7) is 6.83. The number of nitrogens with zero attached hydrogens (tertiary/aromatic N) is 1. The predicted octanol–water partition coefficient (Wildman–Crippen LogP) is 2.91. The maximum atomic E-state index is 13.0. The Kier molecular flexibility index (Phi) is 4.40. The van der Waals surface area contributed by atoms with Gasteiger partial charge in [-0.1, -0.05) is 26.7 Å². The first kappa shape index (κ1) is 15.3. The van der Waals surface area contributed by atoms with Crippen LogP contribution in [0.5, 0.6) is 0 Å². The van der Waals surface area contributed by atoms with E-state index in [9.17, 15) is 14.7 Å². The topological polar surface area (TPSA) is 57.6 Å². The van der Waals surface area contributed by atoms with Crippen LogP contribution in [0.1, 0.15) is 59.3 Å². The summed E-state index contributed by atoms with van der Waals surface area (Å²) in [6, 6.07) is -0.162. The molecule has 2 fully saturated rings. The van der Waals surface area contributed by atoms with Crippen LogP contribution in [-0.2, 0) is 9.59 Å². The molecule has 1 aliphatic heterocycles. The van der Waals surface area contributed by atoms with Crippen LogP contribution in [0.3, 0.4) is 0 Å². The van der Waals surface area contributed by atoms with Gasteiger partial charge in [-0.05, 0) is 38.5 Å². The number of likely N-dealkylation sites (tertiary alicyclic amines) is 1. The molecule has 1 saturated heterocycles. The van der Waals surface area contributed by atoms with Crippen LogP contribution in [0, 0.1) is 17.3 Å². The lowest BCUT2D eigenvalue weighted by Crippen LogP contribution is -2.46. The fourth-order valence-corrected chi connectivity index (χ4v) is 4.20. The number of hydrogen-bond acceptors (Lipinski definition) is 2. The van der Waals surface area contributed by atoms with Crippen molar-refractivity contribution in [3.8, 4) is 0 Å². The molecule has 0 bridgehead atoms. The largest absolute Gasteiger partial charge is 0.481 e. The highest BCUT2D eigenvalue weighted by molar-refractivity contribution is 5.85. The molecule has 2 rings (SSSR count). The molecule has 1 aliphatic carbocycles. The Morgan fingerprint density at radius 1 is 1.30 bits per heavy atom. The fourth-order valence-electron chi connectivity index (χ4n) is 4.20. The molecule has 1 heterocycles. The average Bonchev–Trinajstić information content (AvgIpc) is 2.95. The number of aliphatic carboxylic acids is 1. The van der Waals surface area contributed by atoms with Crippen LogP contribution in [0.25, 0.3) is 0 Å². The Balaban J connectivity index is 2.15. The van der Waals surface area contributed by atoms with Crippen molar-refractivity contribution in [1.29, 1.82) is 0 Å². The van der Waals surface area contributed by atoms with Gasteiger partial charge in [0.25, 0.3) is 0 Å². The van der Waals surface area contributed by atoms with E-state index in [1.54, 1.807) is 0 Å². The summed E-state index contributed by atoms with van der Waals surface area (Å²) in [7, 11) is 0. The van der Waals surface area contributed by atoms with Gasteiger partial charge in [0.05, 0.1) is 5.92 Å². The van der Waals surface area contributed by atoms with E-state index in [0.717, 1.165) is 32.1 Å². The Labute approximate surface area is 121 Å². The molecular weight excluding hydrogens is 254 g/mol. The highest BCUT2D eigenvalue weighted by Crippen LogP contribution is 2.46. The quantitative estimate of drug-likeness (QED) is 0.862. The van der Waals surface area contributed by atoms with E-state index in [0.29, 0.717) is 18.9 Å². The Hall–Kier alpha value is -1.06. The monoisotopic (exact) mass is 281 g/mol. The number of hydrogen-bond donors (Lipinski definition) is 1. The van der Waals surface area contributed by atoms with Crippen LogP contribution in [0.15, 0.2) is 0 Å². The van der Waals surface area contributed by atoms with Gasteiger partial charge in [-0.25, -0.2) is 0 Å². The van der Waals surface area contributed by atoms with Gasteiger partial charge in [-0.2, -0.15) is 0 Å². The summed E-state index contributed by atoms with van der Waals surface area (Å²) in [6.07, 6.45) is 5.74. The van der Waals surface area contributed by atoms with E-state index in [1.165, 1.54) is 0 Å². The van der Waals surface area contributed by atoms with Gasteiger partial charge < -0.3 is 10.0 Å². The zero-order chi connectivity index (χ0) is 14.9. The van der Waals surface area contributed by atoms with Crippen LogP contribution in [-0.4, -0.2) is 34.5 Å². The fraction of sp³-hybridized carbons (Fsp3) is 0.875. The van der Waals surface area contributed by atoms with Gasteiger partial charge >= 0.3 is 5.97 Å². The third-order valence-electron chi connectivity index (χ3n) is 5.15. The van der Waals surface area contributed by atoms with Crippen LogP contribution in [0.2, 0.25) is 0 Å². The standard InChI is InChI=1S/C16H27NO3/c1-11(2)10-16(7-4-5-8-16)15(20)17-9-6-13(12(17)3)14(18)19/h11-13H,4-10H2,1-3H3,(H,18,19). The molecule has 1 amide bonds. The first-order chi connectivity index (χ1) is 9.37. The third kappa shape index (κ3) is 2.70. The van der Waals surface area contributed by atoms with E-state index >= 15 is 0 Å². The SMILES string of the molecule is CC(C)CC1(C(=O)N2CCC(C(=O)O)C2C)CCCC1. The van der Waals surface area contributed by atoms with Crippen molar-refractivity contribution in [1.82, 2.24) is 4.90 Å². The zero-order valence-electron chi connectivity index (χ0n) is 12.9. The number of carbonyl (C=O) groups excluding carboxylic acids is 1. The number of carboxylic acid groups (broad SMARTS) is 1. The van der Waals surface area contributed by atoms with Crippen molar-refractivity contribution < 1.29 is 14.7 Å². The Bertz CT molecular complexity index is 385. The van der Waals surface area contributed by atoms with Crippen LogP contribution < -0.4 is 0 Å². The third-order valence-corrected chi connectivity index (χ3v) is 5.15. The summed E-state index contributed by atoms with van der Waals surface area (Å²) in [5.41, 5.74) is -0.212. The number of carbonyl (C=O) groups is 2. The molecule has 4 nitrogen and oxygen atoms in total. The maximum absolute atomic E-state index is 13.0. The van der Waals surface area contributed by atoms with E-state index in [2.05, 4.69) is 13.8 Å². The molecule has 0 radical (unpaired) electrons. The van der Waals surface area contributed by atoms with Gasteiger partial charge in [0.1, 0.15) is 0 Å². The molecule has 0 aromatic heterocycles. The van der Waals surface area contributed by atoms with Crippen LogP contribution >= 0.6 is 0 Å². The molecule has 20 heavy (non-hydrogen) atoms. The van der Waals surface area contributed by atoms with Crippen molar-refractivity contribution in [2.75, 3.05) is 6.54 Å². The predicted molar refractivity (Wildman–Crippen MR) is 77.3 cm³/mol. The minimum Gasteiger partial charge on any atom is -0.481 e. The van der Waals surface area contributed by atoms with E-state index in [-0.39, 0.29) is 17.4 Å². The number of rotatable bonds is 4. The maximum Gasteiger partial charge on any atom is 0.308 e. The van der Waals surface area contributed by atoms with Crippen molar-refractivity contribution in [2.45, 2.75) is 65.3 Å². The molecule has 0 aromatic rings. The number of amides is 1. The lowest BCUT2D eigenvalue weighted by Gasteiger charge is -2.36. The molecule has 0 aromatic carbocycles. The van der Waals surface area contributed by atoms with E-state index in [1.807, 2.05) is 11.8 Å². The van der Waals surface area contributed by atoms with Gasteiger partial charge in [-0.15, -0.1) is 0 Å². The van der Waals surface area contributed by atoms with Gasteiger partial charge in [-0.3, -0.25) is 9.59 Å². The average molecular weight is 281 g/mol. The van der Waals surface area contributed by atoms with Crippen molar-refractivity contribution in [3.63, 3.8) is 0 Å². The minimum absolute atomic E-state index is 0.162. The minimum atomic E-state index is -0.767. The van der Waals surface area contributed by atoms with Gasteiger partial charge in [0, 0.05) is 18.0 Å². The molecule has 114 valence electrons. The lowest BCUT2D eigenvalue weighted by atomic mass is 9.77. The molecule has 1 N–H and O–H groups in total. The van der Waals surface area contributed by atoms with Crippen LogP contribution in [0.4, 0.5) is 0 Å². The lowest BCUT2D eigenvalue weighted by molar-refractivity contribution is -0.146. The Morgan fingerprint density at radius 3 is 2.35 bits per heavy atom. The highest BCUT2D eigenvalue weighted by atomic mass is 16.4. The molecule has 2 unspecified atom stereocenters. The van der Waals surface area contributed by atoms with Crippen molar-refractivity contribution >= 4 is 11.9 Å². The molecule has 2 aliphatic rings. The van der Waals surface area contributed by atoms with Gasteiger partial charge in [0.2, 0.25) is 5.91 Å². The molecule has 1 saturated carbocycles. The van der Waals surface area contributed by atoms with E-state index in [4.69, 9.17) is 0 Å². The second-order valence-electron chi connectivity index (χ2n) is 7.06. The summed E-state index contributed by atoms with van der Waals surface area (Å²) in [4.78, 5) is 26.1. The summed E-state index contributed by atoms with van der Waals surface area (Å²) in [5, 5.41) is 9.22. The van der Waals surface area contributed by atoms with Gasteiger partial charge in [0.15, 0.2) is 0 Å². The second kappa shape index (κ2) is 5.74. The first-order valence-electron chi connectivity index (χ1n) is 7.91. The molecule has 2 atom stereocenters. The Morgan fingerprint density at radius 2 is 1.90 bits per heavy atom.